The molecule has 1 saturated carbocycles. The number of likely N-dealkylation sites (tertiary alicyclic amines) is 1. The summed E-state index contributed by atoms with van der Waals surface area (Å²) in [5.41, 5.74) is 1.38. The predicted molar refractivity (Wildman–Crippen MR) is 99.4 cm³/mol. The van der Waals surface area contributed by atoms with Crippen molar-refractivity contribution < 1.29 is 4.74 Å². The van der Waals surface area contributed by atoms with Crippen LogP contribution in [-0.2, 0) is 11.3 Å². The lowest BCUT2D eigenvalue weighted by Gasteiger charge is -2.37. The van der Waals surface area contributed by atoms with E-state index in [-0.39, 0.29) is 0 Å². The Morgan fingerprint density at radius 2 is 2.00 bits per heavy atom. The maximum absolute atomic E-state index is 5.70. The quantitative estimate of drug-likeness (QED) is 0.853. The van der Waals surface area contributed by atoms with E-state index in [1.54, 1.807) is 0 Å². The summed E-state index contributed by atoms with van der Waals surface area (Å²) in [5.74, 6) is 0.746. The van der Waals surface area contributed by atoms with Crippen LogP contribution < -0.4 is 10.6 Å². The van der Waals surface area contributed by atoms with Crippen LogP contribution in [0, 0.1) is 5.92 Å². The number of hydrogen-bond acceptors (Lipinski definition) is 5. The number of hydrogen-bond donors (Lipinski definition) is 2. The highest BCUT2D eigenvalue weighted by Crippen LogP contribution is 2.30. The van der Waals surface area contributed by atoms with Gasteiger partial charge in [0.25, 0.3) is 0 Å². The Bertz CT molecular complexity index is 512. The smallest absolute Gasteiger partial charge is 0.0623 e. The molecule has 3 aliphatic rings. The van der Waals surface area contributed by atoms with Crippen LogP contribution in [0.5, 0.6) is 0 Å². The normalized spacial score (nSPS) is 32.1. The van der Waals surface area contributed by atoms with Crippen molar-refractivity contribution in [3.8, 4) is 0 Å². The molecule has 0 radical (unpaired) electrons. The van der Waals surface area contributed by atoms with Gasteiger partial charge in [-0.1, -0.05) is 6.42 Å². The van der Waals surface area contributed by atoms with E-state index in [9.17, 15) is 0 Å². The van der Waals surface area contributed by atoms with Gasteiger partial charge in [0.05, 0.1) is 13.2 Å². The largest absolute Gasteiger partial charge is 0.379 e. The van der Waals surface area contributed by atoms with Crippen molar-refractivity contribution in [2.24, 2.45) is 5.92 Å². The summed E-state index contributed by atoms with van der Waals surface area (Å²) < 4.78 is 5.70. The van der Waals surface area contributed by atoms with Gasteiger partial charge in [0.2, 0.25) is 0 Å². The van der Waals surface area contributed by atoms with Gasteiger partial charge in [-0.05, 0) is 62.4 Å². The average Bonchev–Trinajstić information content (AvgIpc) is 3.13. The van der Waals surface area contributed by atoms with Crippen molar-refractivity contribution in [1.29, 1.82) is 0 Å². The summed E-state index contributed by atoms with van der Waals surface area (Å²) in [6.45, 7) is 6.24. The van der Waals surface area contributed by atoms with Gasteiger partial charge in [-0.3, -0.25) is 9.88 Å². The van der Waals surface area contributed by atoms with E-state index in [4.69, 9.17) is 4.74 Å². The van der Waals surface area contributed by atoms with Gasteiger partial charge >= 0.3 is 0 Å². The summed E-state index contributed by atoms with van der Waals surface area (Å²) >= 11 is 0. The van der Waals surface area contributed by atoms with Gasteiger partial charge in [0.15, 0.2) is 0 Å². The minimum Gasteiger partial charge on any atom is -0.379 e. The Morgan fingerprint density at radius 3 is 2.76 bits per heavy atom. The summed E-state index contributed by atoms with van der Waals surface area (Å²) in [6, 6.07) is 6.18. The van der Waals surface area contributed by atoms with Crippen LogP contribution in [0.4, 0.5) is 0 Å². The molecule has 0 spiro atoms. The van der Waals surface area contributed by atoms with Crippen molar-refractivity contribution in [2.75, 3.05) is 32.8 Å². The summed E-state index contributed by atoms with van der Waals surface area (Å²) in [6.07, 6.45) is 10.4. The van der Waals surface area contributed by atoms with E-state index in [0.29, 0.717) is 18.1 Å². The van der Waals surface area contributed by atoms with E-state index < -0.39 is 0 Å². The SMILES string of the molecule is c1cc(CN2CCC(NC3CCCC3C3COCCN3)CC2)ccn1. The first-order valence-corrected chi connectivity index (χ1v) is 10.1. The first-order valence-electron chi connectivity index (χ1n) is 10.1. The lowest BCUT2D eigenvalue weighted by molar-refractivity contribution is 0.0506. The van der Waals surface area contributed by atoms with Crippen molar-refractivity contribution in [2.45, 2.75) is 56.8 Å². The van der Waals surface area contributed by atoms with E-state index in [0.717, 1.165) is 32.2 Å². The van der Waals surface area contributed by atoms with E-state index in [1.807, 2.05) is 12.4 Å². The van der Waals surface area contributed by atoms with Crippen LogP contribution in [0.1, 0.15) is 37.7 Å². The lowest BCUT2D eigenvalue weighted by atomic mass is 9.92. The highest BCUT2D eigenvalue weighted by Gasteiger charge is 2.36. The van der Waals surface area contributed by atoms with Crippen molar-refractivity contribution >= 4 is 0 Å². The molecule has 3 atom stereocenters. The molecule has 1 aromatic rings. The Labute approximate surface area is 151 Å². The summed E-state index contributed by atoms with van der Waals surface area (Å²) in [7, 11) is 0. The zero-order valence-corrected chi connectivity index (χ0v) is 15.2. The Kier molecular flexibility index (Phi) is 5.98. The van der Waals surface area contributed by atoms with Crippen molar-refractivity contribution in [1.82, 2.24) is 20.5 Å². The number of rotatable bonds is 5. The molecular formula is C20H32N4O. The van der Waals surface area contributed by atoms with Crippen LogP contribution in [0.3, 0.4) is 0 Å². The molecular weight excluding hydrogens is 312 g/mol. The van der Waals surface area contributed by atoms with Crippen LogP contribution in [-0.4, -0.2) is 60.9 Å². The molecule has 138 valence electrons. The molecule has 25 heavy (non-hydrogen) atoms. The van der Waals surface area contributed by atoms with Crippen LogP contribution in [0.25, 0.3) is 0 Å². The number of nitrogens with one attached hydrogen (secondary N) is 2. The zero-order chi connectivity index (χ0) is 16.9. The molecule has 2 aliphatic heterocycles. The molecule has 0 aromatic carbocycles. The number of piperidine rings is 1. The number of pyridine rings is 1. The van der Waals surface area contributed by atoms with Crippen molar-refractivity contribution in [3.05, 3.63) is 30.1 Å². The molecule has 3 unspecified atom stereocenters. The Morgan fingerprint density at radius 1 is 1.16 bits per heavy atom. The first-order chi connectivity index (χ1) is 12.4. The van der Waals surface area contributed by atoms with Gasteiger partial charge in [0, 0.05) is 43.6 Å². The van der Waals surface area contributed by atoms with Crippen LogP contribution in [0.2, 0.25) is 0 Å². The lowest BCUT2D eigenvalue weighted by Crippen LogP contribution is -2.53. The van der Waals surface area contributed by atoms with Crippen LogP contribution >= 0.6 is 0 Å². The predicted octanol–water partition coefficient (Wildman–Crippen LogP) is 1.79. The Hall–Kier alpha value is -1.01. The van der Waals surface area contributed by atoms with Crippen LogP contribution in [0.15, 0.2) is 24.5 Å². The molecule has 0 amide bonds. The monoisotopic (exact) mass is 344 g/mol. The number of ether oxygens (including phenoxy) is 1. The molecule has 5 heteroatoms. The first kappa shape index (κ1) is 17.4. The molecule has 3 fully saturated rings. The number of morpholine rings is 1. The highest BCUT2D eigenvalue weighted by molar-refractivity contribution is 5.09. The summed E-state index contributed by atoms with van der Waals surface area (Å²) in [4.78, 5) is 6.69. The van der Waals surface area contributed by atoms with Gasteiger partial charge < -0.3 is 15.4 Å². The zero-order valence-electron chi connectivity index (χ0n) is 15.2. The van der Waals surface area contributed by atoms with Gasteiger partial charge in [-0.15, -0.1) is 0 Å². The molecule has 1 aliphatic carbocycles. The highest BCUT2D eigenvalue weighted by atomic mass is 16.5. The fourth-order valence-electron chi connectivity index (χ4n) is 4.84. The maximum Gasteiger partial charge on any atom is 0.0623 e. The second kappa shape index (κ2) is 8.58. The van der Waals surface area contributed by atoms with Gasteiger partial charge in [0.1, 0.15) is 0 Å². The standard InChI is InChI=1S/C20H32N4O/c1-2-18(20-15-25-13-10-22-20)19(3-1)23-17-6-11-24(12-7-17)14-16-4-8-21-9-5-16/h4-5,8-9,17-20,22-23H,1-3,6-7,10-15H2. The minimum atomic E-state index is 0.556. The number of aromatic nitrogens is 1. The van der Waals surface area contributed by atoms with Gasteiger partial charge in [-0.25, -0.2) is 0 Å². The molecule has 3 heterocycles. The topological polar surface area (TPSA) is 49.4 Å². The summed E-state index contributed by atoms with van der Waals surface area (Å²) in [5, 5.41) is 7.70. The number of nitrogens with zero attached hydrogens (tertiary/aromatic N) is 2. The fraction of sp³-hybridized carbons (Fsp3) is 0.750. The van der Waals surface area contributed by atoms with E-state index >= 15 is 0 Å². The van der Waals surface area contributed by atoms with E-state index in [1.165, 1.54) is 50.8 Å². The molecule has 0 bridgehead atoms. The molecule has 5 nitrogen and oxygen atoms in total. The second-order valence-corrected chi connectivity index (χ2v) is 7.91. The average molecular weight is 345 g/mol. The minimum absolute atomic E-state index is 0.556. The van der Waals surface area contributed by atoms with E-state index in [2.05, 4.69) is 32.7 Å². The Balaban J connectivity index is 1.24. The maximum atomic E-state index is 5.70. The third-order valence-corrected chi connectivity index (χ3v) is 6.23. The third-order valence-electron chi connectivity index (χ3n) is 6.23. The van der Waals surface area contributed by atoms with Crippen molar-refractivity contribution in [3.63, 3.8) is 0 Å². The molecule has 2 saturated heterocycles. The molecule has 4 rings (SSSR count). The molecule has 2 N–H and O–H groups in total. The van der Waals surface area contributed by atoms with Gasteiger partial charge in [-0.2, -0.15) is 0 Å². The second-order valence-electron chi connectivity index (χ2n) is 7.91. The molecule has 1 aromatic heterocycles. The third kappa shape index (κ3) is 4.59. The fourth-order valence-corrected chi connectivity index (χ4v) is 4.84.